The predicted octanol–water partition coefficient (Wildman–Crippen LogP) is 0.664. The Hall–Kier alpha value is -0.770. The Balaban J connectivity index is 1.83. The molecule has 4 heteroatoms. The first kappa shape index (κ1) is 7.86. The SMILES string of the molecule is CC1(CC2CCNC(=O)O2)CO1. The van der Waals surface area contributed by atoms with Gasteiger partial charge >= 0.3 is 6.09 Å². The van der Waals surface area contributed by atoms with E-state index in [2.05, 4.69) is 5.32 Å². The van der Waals surface area contributed by atoms with E-state index in [0.29, 0.717) is 0 Å². The fraction of sp³-hybridized carbons (Fsp3) is 0.875. The summed E-state index contributed by atoms with van der Waals surface area (Å²) in [6.07, 6.45) is 1.48. The van der Waals surface area contributed by atoms with E-state index in [-0.39, 0.29) is 17.8 Å². The Morgan fingerprint density at radius 3 is 3.08 bits per heavy atom. The smallest absolute Gasteiger partial charge is 0.407 e. The molecule has 1 amide bonds. The molecule has 2 heterocycles. The van der Waals surface area contributed by atoms with E-state index in [0.717, 1.165) is 26.0 Å². The van der Waals surface area contributed by atoms with Crippen LogP contribution >= 0.6 is 0 Å². The summed E-state index contributed by atoms with van der Waals surface area (Å²) in [7, 11) is 0. The van der Waals surface area contributed by atoms with Crippen LogP contribution in [0.5, 0.6) is 0 Å². The molecule has 2 atom stereocenters. The van der Waals surface area contributed by atoms with Crippen molar-refractivity contribution in [3.8, 4) is 0 Å². The lowest BCUT2D eigenvalue weighted by Gasteiger charge is -2.24. The van der Waals surface area contributed by atoms with Gasteiger partial charge < -0.3 is 14.8 Å². The molecular weight excluding hydrogens is 158 g/mol. The summed E-state index contributed by atoms with van der Waals surface area (Å²) in [5, 5.41) is 2.62. The highest BCUT2D eigenvalue weighted by atomic mass is 16.6. The minimum atomic E-state index is -0.296. The number of hydrogen-bond donors (Lipinski definition) is 1. The lowest BCUT2D eigenvalue weighted by atomic mass is 10.0. The molecule has 2 rings (SSSR count). The van der Waals surface area contributed by atoms with Gasteiger partial charge in [-0.05, 0) is 6.92 Å². The highest BCUT2D eigenvalue weighted by Crippen LogP contribution is 2.33. The third kappa shape index (κ3) is 1.69. The third-order valence-electron chi connectivity index (χ3n) is 2.31. The first-order chi connectivity index (χ1) is 5.68. The second kappa shape index (κ2) is 2.62. The molecule has 2 fully saturated rings. The van der Waals surface area contributed by atoms with Crippen LogP contribution in [0.15, 0.2) is 0 Å². The second-order valence-corrected chi connectivity index (χ2v) is 3.69. The molecule has 4 nitrogen and oxygen atoms in total. The molecule has 0 bridgehead atoms. The van der Waals surface area contributed by atoms with Gasteiger partial charge in [-0.15, -0.1) is 0 Å². The monoisotopic (exact) mass is 171 g/mol. The highest BCUT2D eigenvalue weighted by molar-refractivity contribution is 5.68. The third-order valence-corrected chi connectivity index (χ3v) is 2.31. The summed E-state index contributed by atoms with van der Waals surface area (Å²) >= 11 is 0. The van der Waals surface area contributed by atoms with Crippen molar-refractivity contribution in [1.29, 1.82) is 0 Å². The predicted molar refractivity (Wildman–Crippen MR) is 41.9 cm³/mol. The number of rotatable bonds is 2. The van der Waals surface area contributed by atoms with E-state index >= 15 is 0 Å². The van der Waals surface area contributed by atoms with E-state index in [1.54, 1.807) is 0 Å². The van der Waals surface area contributed by atoms with E-state index in [1.165, 1.54) is 0 Å². The molecule has 0 aromatic carbocycles. The molecule has 0 aromatic heterocycles. The van der Waals surface area contributed by atoms with Crippen LogP contribution in [0, 0.1) is 0 Å². The number of amides is 1. The topological polar surface area (TPSA) is 50.9 Å². The van der Waals surface area contributed by atoms with Crippen molar-refractivity contribution < 1.29 is 14.3 Å². The van der Waals surface area contributed by atoms with Gasteiger partial charge in [0.15, 0.2) is 0 Å². The number of hydrogen-bond acceptors (Lipinski definition) is 3. The molecule has 0 saturated carbocycles. The van der Waals surface area contributed by atoms with Crippen molar-refractivity contribution >= 4 is 6.09 Å². The number of epoxide rings is 1. The summed E-state index contributed by atoms with van der Waals surface area (Å²) in [6, 6.07) is 0. The van der Waals surface area contributed by atoms with Crippen LogP contribution in [0.2, 0.25) is 0 Å². The number of carbonyl (C=O) groups is 1. The van der Waals surface area contributed by atoms with Crippen LogP contribution in [0.3, 0.4) is 0 Å². The molecule has 0 aliphatic carbocycles. The maximum Gasteiger partial charge on any atom is 0.407 e. The Labute approximate surface area is 71.2 Å². The molecule has 1 N–H and O–H groups in total. The average molecular weight is 171 g/mol. The zero-order valence-corrected chi connectivity index (χ0v) is 7.13. The fourth-order valence-corrected chi connectivity index (χ4v) is 1.45. The molecule has 0 radical (unpaired) electrons. The first-order valence-corrected chi connectivity index (χ1v) is 4.26. The molecule has 0 aromatic rings. The average Bonchev–Trinajstić information content (AvgIpc) is 2.67. The standard InChI is InChI=1S/C8H13NO3/c1-8(5-11-8)4-6-2-3-9-7(10)12-6/h6H,2-5H2,1H3,(H,9,10). The van der Waals surface area contributed by atoms with Crippen molar-refractivity contribution in [2.75, 3.05) is 13.2 Å². The number of alkyl carbamates (subject to hydrolysis) is 1. The summed E-state index contributed by atoms with van der Waals surface area (Å²) < 4.78 is 10.3. The fourth-order valence-electron chi connectivity index (χ4n) is 1.45. The lowest BCUT2D eigenvalue weighted by molar-refractivity contribution is 0.0558. The lowest BCUT2D eigenvalue weighted by Crippen LogP contribution is -2.39. The molecule has 68 valence electrons. The Bertz CT molecular complexity index is 200. The maximum atomic E-state index is 10.8. The van der Waals surface area contributed by atoms with Gasteiger partial charge in [-0.25, -0.2) is 4.79 Å². The van der Waals surface area contributed by atoms with Gasteiger partial charge in [-0.2, -0.15) is 0 Å². The Morgan fingerprint density at radius 1 is 1.75 bits per heavy atom. The number of nitrogens with one attached hydrogen (secondary N) is 1. The molecular formula is C8H13NO3. The van der Waals surface area contributed by atoms with Crippen LogP contribution in [0.25, 0.3) is 0 Å². The van der Waals surface area contributed by atoms with E-state index in [4.69, 9.17) is 9.47 Å². The molecule has 0 spiro atoms. The molecule has 2 aliphatic heterocycles. The van der Waals surface area contributed by atoms with Crippen LogP contribution in [-0.2, 0) is 9.47 Å². The summed E-state index contributed by atoms with van der Waals surface area (Å²) in [4.78, 5) is 10.8. The minimum Gasteiger partial charge on any atom is -0.446 e. The Kier molecular flexibility index (Phi) is 1.72. The number of ether oxygens (including phenoxy) is 2. The van der Waals surface area contributed by atoms with Crippen LogP contribution in [0.4, 0.5) is 4.79 Å². The van der Waals surface area contributed by atoms with E-state index < -0.39 is 0 Å². The summed E-state index contributed by atoms with van der Waals surface area (Å²) in [5.41, 5.74) is -0.0116. The second-order valence-electron chi connectivity index (χ2n) is 3.69. The summed E-state index contributed by atoms with van der Waals surface area (Å²) in [5.74, 6) is 0. The van der Waals surface area contributed by atoms with Crippen molar-refractivity contribution in [1.82, 2.24) is 5.32 Å². The van der Waals surface area contributed by atoms with Crippen molar-refractivity contribution in [2.45, 2.75) is 31.5 Å². The van der Waals surface area contributed by atoms with Gasteiger partial charge in [0.25, 0.3) is 0 Å². The van der Waals surface area contributed by atoms with Gasteiger partial charge in [-0.3, -0.25) is 0 Å². The van der Waals surface area contributed by atoms with Gasteiger partial charge in [-0.1, -0.05) is 0 Å². The zero-order chi connectivity index (χ0) is 8.60. The molecule has 2 unspecified atom stereocenters. The van der Waals surface area contributed by atoms with E-state index in [9.17, 15) is 4.79 Å². The van der Waals surface area contributed by atoms with Crippen molar-refractivity contribution in [3.63, 3.8) is 0 Å². The molecule has 2 saturated heterocycles. The number of carbonyl (C=O) groups excluding carboxylic acids is 1. The van der Waals surface area contributed by atoms with Crippen LogP contribution in [0.1, 0.15) is 19.8 Å². The Morgan fingerprint density at radius 2 is 2.50 bits per heavy atom. The van der Waals surface area contributed by atoms with E-state index in [1.807, 2.05) is 6.92 Å². The minimum absolute atomic E-state index is 0.0116. The zero-order valence-electron chi connectivity index (χ0n) is 7.13. The maximum absolute atomic E-state index is 10.8. The van der Waals surface area contributed by atoms with Crippen LogP contribution in [-0.4, -0.2) is 30.9 Å². The quantitative estimate of drug-likeness (QED) is 0.621. The normalized spacial score (nSPS) is 40.1. The number of cyclic esters (lactones) is 1. The van der Waals surface area contributed by atoms with Gasteiger partial charge in [0, 0.05) is 19.4 Å². The highest BCUT2D eigenvalue weighted by Gasteiger charge is 2.42. The van der Waals surface area contributed by atoms with Gasteiger partial charge in [0.1, 0.15) is 6.10 Å². The van der Waals surface area contributed by atoms with Crippen molar-refractivity contribution in [3.05, 3.63) is 0 Å². The summed E-state index contributed by atoms with van der Waals surface area (Å²) in [6.45, 7) is 3.57. The first-order valence-electron chi connectivity index (χ1n) is 4.26. The largest absolute Gasteiger partial charge is 0.446 e. The molecule has 12 heavy (non-hydrogen) atoms. The van der Waals surface area contributed by atoms with Gasteiger partial charge in [0.05, 0.1) is 12.2 Å². The van der Waals surface area contributed by atoms with Gasteiger partial charge in [0.2, 0.25) is 0 Å². The molecule has 2 aliphatic rings. The van der Waals surface area contributed by atoms with Crippen LogP contribution < -0.4 is 5.32 Å². The van der Waals surface area contributed by atoms with Crippen molar-refractivity contribution in [2.24, 2.45) is 0 Å².